The smallest absolute Gasteiger partial charge is 0.138 e. The number of hydrogen-bond donors (Lipinski definition) is 0. The van der Waals surface area contributed by atoms with Crippen LogP contribution in [-0.2, 0) is 11.2 Å². The van der Waals surface area contributed by atoms with Crippen molar-refractivity contribution in [2.45, 2.75) is 96.9 Å². The number of aryl methyl sites for hydroxylation is 2. The summed E-state index contributed by atoms with van der Waals surface area (Å²) in [5, 5.41) is 9.39. The Bertz CT molecular complexity index is 963. The summed E-state index contributed by atoms with van der Waals surface area (Å²) in [5.74, 6) is 4.67. The predicted octanol–water partition coefficient (Wildman–Crippen LogP) is 6.63. The number of allylic oxidation sites excluding steroid dienone is 1. The van der Waals surface area contributed by atoms with Gasteiger partial charge in [0.2, 0.25) is 0 Å². The van der Waals surface area contributed by atoms with Crippen molar-refractivity contribution < 1.29 is 4.79 Å². The lowest BCUT2D eigenvalue weighted by molar-refractivity contribution is -0.118. The number of carbonyl (C=O) groups excluding carboxylic acids is 1. The van der Waals surface area contributed by atoms with Gasteiger partial charge in [-0.3, -0.25) is 4.79 Å². The van der Waals surface area contributed by atoms with E-state index in [4.69, 9.17) is 5.10 Å². The molecule has 4 rings (SSSR count). The Balaban J connectivity index is 1.49. The third-order valence-electron chi connectivity index (χ3n) is 7.24. The number of benzene rings is 1. The molecule has 0 N–H and O–H groups in total. The van der Waals surface area contributed by atoms with Gasteiger partial charge in [-0.05, 0) is 75.3 Å². The van der Waals surface area contributed by atoms with Crippen molar-refractivity contribution in [3.8, 4) is 0 Å². The summed E-state index contributed by atoms with van der Waals surface area (Å²) in [6.45, 7) is 12.8. The second-order valence-electron chi connectivity index (χ2n) is 10.8. The molecule has 0 saturated heterocycles. The zero-order chi connectivity index (χ0) is 22.8. The number of hydrogen-bond acceptors (Lipinski definition) is 3. The molecule has 1 heterocycles. The number of rotatable bonds is 11. The highest BCUT2D eigenvalue weighted by Gasteiger charge is 2.39. The van der Waals surface area contributed by atoms with E-state index in [1.165, 1.54) is 49.1 Å². The summed E-state index contributed by atoms with van der Waals surface area (Å²) in [5.41, 5.74) is 3.57. The Morgan fingerprint density at radius 2 is 1.97 bits per heavy atom. The molecular weight excluding hydrogens is 394 g/mol. The average molecular weight is 434 g/mol. The Labute approximate surface area is 193 Å². The molecule has 1 unspecified atom stereocenters. The van der Waals surface area contributed by atoms with E-state index in [0.717, 1.165) is 29.6 Å². The number of Topliss-reactive ketones (excluding diaryl/α,β-unsaturated/α-hetero) is 1. The van der Waals surface area contributed by atoms with Crippen molar-refractivity contribution in [1.29, 1.82) is 0 Å². The second-order valence-corrected chi connectivity index (χ2v) is 10.8. The number of nitrogens with zero attached hydrogens (tertiary/aromatic N) is 3. The third kappa shape index (κ3) is 5.22. The van der Waals surface area contributed by atoms with Crippen molar-refractivity contribution in [1.82, 2.24) is 14.8 Å². The van der Waals surface area contributed by atoms with Crippen molar-refractivity contribution >= 4 is 5.78 Å². The van der Waals surface area contributed by atoms with Gasteiger partial charge in [0, 0.05) is 30.7 Å². The fourth-order valence-electron chi connectivity index (χ4n) is 5.47. The molecule has 1 aromatic heterocycles. The van der Waals surface area contributed by atoms with Gasteiger partial charge in [0.1, 0.15) is 17.4 Å². The highest BCUT2D eigenvalue weighted by molar-refractivity contribution is 5.82. The summed E-state index contributed by atoms with van der Waals surface area (Å²) in [6, 6.07) is 6.88. The molecule has 0 aliphatic heterocycles. The number of carbonyl (C=O) groups is 1. The van der Waals surface area contributed by atoms with Crippen molar-refractivity contribution in [2.75, 3.05) is 0 Å². The average Bonchev–Trinajstić information content (AvgIpc) is 3.45. The largest absolute Gasteiger partial charge is 0.311 e. The first-order valence-corrected chi connectivity index (χ1v) is 12.5. The quantitative estimate of drug-likeness (QED) is 0.374. The van der Waals surface area contributed by atoms with Crippen LogP contribution in [0.25, 0.3) is 0 Å². The summed E-state index contributed by atoms with van der Waals surface area (Å²) < 4.78 is 2.43. The predicted molar refractivity (Wildman–Crippen MR) is 130 cm³/mol. The molecule has 172 valence electrons. The Morgan fingerprint density at radius 3 is 2.59 bits per heavy atom. The first-order valence-electron chi connectivity index (χ1n) is 12.5. The topological polar surface area (TPSA) is 47.8 Å². The molecule has 1 atom stereocenters. The molecule has 2 aliphatic carbocycles. The van der Waals surface area contributed by atoms with E-state index in [1.54, 1.807) is 0 Å². The Kier molecular flexibility index (Phi) is 6.97. The summed E-state index contributed by atoms with van der Waals surface area (Å²) >= 11 is 0. The zero-order valence-electron chi connectivity index (χ0n) is 20.3. The van der Waals surface area contributed by atoms with Crippen LogP contribution in [0.5, 0.6) is 0 Å². The highest BCUT2D eigenvalue weighted by atomic mass is 16.1. The second kappa shape index (κ2) is 9.72. The Morgan fingerprint density at radius 1 is 1.22 bits per heavy atom. The van der Waals surface area contributed by atoms with Crippen LogP contribution in [0.1, 0.15) is 105 Å². The fraction of sp³-hybridized carbons (Fsp3) is 0.607. The lowest BCUT2D eigenvalue weighted by atomic mass is 9.71. The minimum atomic E-state index is 0.0686. The lowest BCUT2D eigenvalue weighted by Gasteiger charge is -2.36. The fourth-order valence-corrected chi connectivity index (χ4v) is 5.47. The van der Waals surface area contributed by atoms with E-state index in [1.807, 2.05) is 6.08 Å². The van der Waals surface area contributed by atoms with Gasteiger partial charge in [0.05, 0.1) is 0 Å². The van der Waals surface area contributed by atoms with Crippen LogP contribution in [0.15, 0.2) is 30.9 Å². The molecule has 0 spiro atoms. The van der Waals surface area contributed by atoms with Crippen LogP contribution < -0.4 is 0 Å². The number of aromatic nitrogens is 3. The van der Waals surface area contributed by atoms with E-state index in [0.29, 0.717) is 24.8 Å². The molecule has 0 amide bonds. The standard InChI is InChI=1S/C28H39N3O/c1-6-7-23(17-26(32)16-22-9-8-19(4)13-20(22)5)27-29-30-28(31(27)25-10-11-25)24-14-21(15-24)12-18(2)3/h6,8-9,13,18,21,23-25H,1,7,10-12,14-17H2,2-5H3. The molecule has 2 aromatic rings. The van der Waals surface area contributed by atoms with Crippen LogP contribution in [-0.4, -0.2) is 20.5 Å². The van der Waals surface area contributed by atoms with Crippen molar-refractivity contribution in [3.05, 3.63) is 59.2 Å². The number of ketones is 1. The third-order valence-corrected chi connectivity index (χ3v) is 7.24. The van der Waals surface area contributed by atoms with Crippen LogP contribution in [0, 0.1) is 25.7 Å². The maximum atomic E-state index is 13.1. The van der Waals surface area contributed by atoms with Crippen LogP contribution in [0.4, 0.5) is 0 Å². The van der Waals surface area contributed by atoms with Gasteiger partial charge < -0.3 is 4.57 Å². The van der Waals surface area contributed by atoms with Crippen LogP contribution >= 0.6 is 0 Å². The molecular formula is C28H39N3O. The van der Waals surface area contributed by atoms with Crippen molar-refractivity contribution in [3.63, 3.8) is 0 Å². The summed E-state index contributed by atoms with van der Waals surface area (Å²) in [7, 11) is 0. The van der Waals surface area contributed by atoms with Crippen molar-refractivity contribution in [2.24, 2.45) is 11.8 Å². The van der Waals surface area contributed by atoms with E-state index >= 15 is 0 Å². The maximum Gasteiger partial charge on any atom is 0.138 e. The molecule has 32 heavy (non-hydrogen) atoms. The van der Waals surface area contributed by atoms with E-state index in [-0.39, 0.29) is 11.7 Å². The normalized spacial score (nSPS) is 21.4. The summed E-state index contributed by atoms with van der Waals surface area (Å²) in [4.78, 5) is 13.1. The summed E-state index contributed by atoms with van der Waals surface area (Å²) in [6.07, 6.45) is 9.89. The lowest BCUT2D eigenvalue weighted by Crippen LogP contribution is -2.26. The first-order chi connectivity index (χ1) is 15.4. The zero-order valence-corrected chi connectivity index (χ0v) is 20.3. The minimum Gasteiger partial charge on any atom is -0.311 e. The van der Waals surface area contributed by atoms with Gasteiger partial charge in [0.15, 0.2) is 0 Å². The van der Waals surface area contributed by atoms with Gasteiger partial charge >= 0.3 is 0 Å². The van der Waals surface area contributed by atoms with Gasteiger partial charge in [-0.15, -0.1) is 16.8 Å². The van der Waals surface area contributed by atoms with Crippen LogP contribution in [0.2, 0.25) is 0 Å². The molecule has 2 saturated carbocycles. The maximum absolute atomic E-state index is 13.1. The van der Waals surface area contributed by atoms with Gasteiger partial charge in [-0.2, -0.15) is 0 Å². The Hall–Kier alpha value is -2.23. The molecule has 0 radical (unpaired) electrons. The van der Waals surface area contributed by atoms with E-state index < -0.39 is 0 Å². The van der Waals surface area contributed by atoms with Crippen LogP contribution in [0.3, 0.4) is 0 Å². The monoisotopic (exact) mass is 433 g/mol. The van der Waals surface area contributed by atoms with Gasteiger partial charge in [0.25, 0.3) is 0 Å². The molecule has 4 heteroatoms. The minimum absolute atomic E-state index is 0.0686. The first kappa shape index (κ1) is 22.9. The molecule has 4 nitrogen and oxygen atoms in total. The molecule has 2 aliphatic rings. The molecule has 2 fully saturated rings. The SMILES string of the molecule is C=CCC(CC(=O)Cc1ccc(C)cc1C)c1nnc(C2CC(CC(C)C)C2)n1C1CC1. The highest BCUT2D eigenvalue weighted by Crippen LogP contribution is 2.48. The molecule has 0 bridgehead atoms. The van der Waals surface area contributed by atoms with Gasteiger partial charge in [-0.1, -0.05) is 43.7 Å². The van der Waals surface area contributed by atoms with E-state index in [2.05, 4.69) is 62.1 Å². The molecule has 1 aromatic carbocycles. The van der Waals surface area contributed by atoms with Gasteiger partial charge in [-0.25, -0.2) is 0 Å². The van der Waals surface area contributed by atoms with E-state index in [9.17, 15) is 4.79 Å².